The molecule has 1 aromatic carbocycles. The summed E-state index contributed by atoms with van der Waals surface area (Å²) in [5, 5.41) is 4.54. The highest BCUT2D eigenvalue weighted by Gasteiger charge is 2.44. The molecule has 3 rings (SSSR count). The van der Waals surface area contributed by atoms with Crippen molar-refractivity contribution in [1.82, 2.24) is 5.32 Å². The smallest absolute Gasteiger partial charge is 0.292 e. The number of imide groups is 1. The van der Waals surface area contributed by atoms with E-state index in [1.54, 1.807) is 29.6 Å². The van der Waals surface area contributed by atoms with Gasteiger partial charge in [-0.1, -0.05) is 0 Å². The minimum atomic E-state index is -0.530. The second-order valence-electron chi connectivity index (χ2n) is 6.04. The van der Waals surface area contributed by atoms with Gasteiger partial charge in [0.25, 0.3) is 11.8 Å². The summed E-state index contributed by atoms with van der Waals surface area (Å²) in [6.07, 6.45) is 1.74. The monoisotopic (exact) mass is 332 g/mol. The molecular formula is C17H22N3O4+. The molecule has 7 nitrogen and oxygen atoms in total. The predicted octanol–water partition coefficient (Wildman–Crippen LogP) is -0.441. The molecule has 0 aliphatic carbocycles. The maximum Gasteiger partial charge on any atom is 0.292 e. The molecule has 0 spiro atoms. The van der Waals surface area contributed by atoms with E-state index in [-0.39, 0.29) is 30.2 Å². The third-order valence-electron chi connectivity index (χ3n) is 4.38. The average molecular weight is 332 g/mol. The van der Waals surface area contributed by atoms with E-state index in [0.717, 1.165) is 12.8 Å². The van der Waals surface area contributed by atoms with E-state index in [2.05, 4.69) is 5.32 Å². The number of hydrogen-bond donors (Lipinski definition) is 2. The SMILES string of the molecule is CCOc1ccc(N2C(=O)C[C@H]([NH2+][C@@H]3CCCNC3=O)C2=O)cc1. The van der Waals surface area contributed by atoms with E-state index in [1.165, 1.54) is 4.90 Å². The molecule has 2 atom stereocenters. The molecule has 2 heterocycles. The van der Waals surface area contributed by atoms with E-state index >= 15 is 0 Å². The van der Waals surface area contributed by atoms with Crippen LogP contribution in [-0.2, 0) is 14.4 Å². The number of rotatable bonds is 5. The quantitative estimate of drug-likeness (QED) is 0.715. The first-order chi connectivity index (χ1) is 11.6. The number of nitrogens with two attached hydrogens (primary N) is 1. The number of benzene rings is 1. The molecular weight excluding hydrogens is 310 g/mol. The van der Waals surface area contributed by atoms with Gasteiger partial charge in [0.1, 0.15) is 5.75 Å². The largest absolute Gasteiger partial charge is 0.494 e. The molecule has 2 fully saturated rings. The number of hydrogen-bond acceptors (Lipinski definition) is 4. The number of carbonyl (C=O) groups excluding carboxylic acids is 3. The Hall–Kier alpha value is -2.41. The second kappa shape index (κ2) is 7.00. The summed E-state index contributed by atoms with van der Waals surface area (Å²) in [4.78, 5) is 38.0. The summed E-state index contributed by atoms with van der Waals surface area (Å²) in [7, 11) is 0. The average Bonchev–Trinajstić information content (AvgIpc) is 2.85. The summed E-state index contributed by atoms with van der Waals surface area (Å²) >= 11 is 0. The number of anilines is 1. The van der Waals surface area contributed by atoms with Gasteiger partial charge in [-0.05, 0) is 37.6 Å². The van der Waals surface area contributed by atoms with E-state index < -0.39 is 6.04 Å². The van der Waals surface area contributed by atoms with Crippen molar-refractivity contribution < 1.29 is 24.4 Å². The van der Waals surface area contributed by atoms with E-state index in [1.807, 2.05) is 6.92 Å². The van der Waals surface area contributed by atoms with Crippen molar-refractivity contribution in [2.24, 2.45) is 0 Å². The van der Waals surface area contributed by atoms with E-state index in [9.17, 15) is 14.4 Å². The van der Waals surface area contributed by atoms with Gasteiger partial charge in [-0.2, -0.15) is 0 Å². The van der Waals surface area contributed by atoms with Crippen molar-refractivity contribution in [3.8, 4) is 5.75 Å². The summed E-state index contributed by atoms with van der Waals surface area (Å²) < 4.78 is 5.37. The molecule has 2 aliphatic heterocycles. The predicted molar refractivity (Wildman–Crippen MR) is 86.5 cm³/mol. The second-order valence-corrected chi connectivity index (χ2v) is 6.04. The van der Waals surface area contributed by atoms with Crippen LogP contribution in [0.15, 0.2) is 24.3 Å². The lowest BCUT2D eigenvalue weighted by molar-refractivity contribution is -0.696. The first kappa shape index (κ1) is 16.4. The van der Waals surface area contributed by atoms with Gasteiger partial charge in [0.2, 0.25) is 5.91 Å². The van der Waals surface area contributed by atoms with Gasteiger partial charge in [-0.3, -0.25) is 14.4 Å². The fourth-order valence-electron chi connectivity index (χ4n) is 3.19. The van der Waals surface area contributed by atoms with Gasteiger partial charge >= 0.3 is 0 Å². The molecule has 0 unspecified atom stereocenters. The molecule has 3 N–H and O–H groups in total. The Bertz CT molecular complexity index is 644. The van der Waals surface area contributed by atoms with Gasteiger partial charge < -0.3 is 15.4 Å². The molecule has 0 aromatic heterocycles. The first-order valence-electron chi connectivity index (χ1n) is 8.32. The van der Waals surface area contributed by atoms with Crippen molar-refractivity contribution in [1.29, 1.82) is 0 Å². The van der Waals surface area contributed by atoms with Crippen molar-refractivity contribution in [2.45, 2.75) is 38.3 Å². The maximum absolute atomic E-state index is 12.6. The van der Waals surface area contributed by atoms with Crippen LogP contribution >= 0.6 is 0 Å². The number of piperidine rings is 1. The molecule has 0 radical (unpaired) electrons. The minimum absolute atomic E-state index is 0.0546. The van der Waals surface area contributed by atoms with Crippen LogP contribution < -0.4 is 20.3 Å². The van der Waals surface area contributed by atoms with Crippen LogP contribution in [0.3, 0.4) is 0 Å². The van der Waals surface area contributed by atoms with Crippen LogP contribution in [-0.4, -0.2) is 43.0 Å². The zero-order chi connectivity index (χ0) is 17.1. The lowest BCUT2D eigenvalue weighted by atomic mass is 10.1. The maximum atomic E-state index is 12.6. The standard InChI is InChI=1S/C17H21N3O4/c1-2-24-12-7-5-11(6-8-12)20-15(21)10-14(17(20)23)19-13-4-3-9-18-16(13)22/h5-8,13-14,19H,2-4,9-10H2,1H3,(H,18,22)/p+1/t13-,14+/m1/s1. The molecule has 7 heteroatoms. The number of carbonyl (C=O) groups is 3. The van der Waals surface area contributed by atoms with Gasteiger partial charge in [0, 0.05) is 13.0 Å². The molecule has 128 valence electrons. The number of nitrogens with one attached hydrogen (secondary N) is 1. The van der Waals surface area contributed by atoms with Crippen molar-refractivity contribution >= 4 is 23.4 Å². The fourth-order valence-corrected chi connectivity index (χ4v) is 3.19. The Labute approximate surface area is 140 Å². The summed E-state index contributed by atoms with van der Waals surface area (Å²) in [5.41, 5.74) is 0.539. The third kappa shape index (κ3) is 3.26. The van der Waals surface area contributed by atoms with Crippen LogP contribution in [0.25, 0.3) is 0 Å². The summed E-state index contributed by atoms with van der Waals surface area (Å²) in [6.45, 7) is 3.13. The molecule has 0 saturated carbocycles. The topological polar surface area (TPSA) is 92.3 Å². The van der Waals surface area contributed by atoms with Crippen LogP contribution in [0.2, 0.25) is 0 Å². The third-order valence-corrected chi connectivity index (χ3v) is 4.38. The minimum Gasteiger partial charge on any atom is -0.494 e. The van der Waals surface area contributed by atoms with Gasteiger partial charge in [0.05, 0.1) is 18.7 Å². The molecule has 1 aromatic rings. The van der Waals surface area contributed by atoms with Crippen LogP contribution in [0, 0.1) is 0 Å². The van der Waals surface area contributed by atoms with Crippen molar-refractivity contribution in [2.75, 3.05) is 18.1 Å². The first-order valence-corrected chi connectivity index (χ1v) is 8.32. The molecule has 3 amide bonds. The van der Waals surface area contributed by atoms with E-state index in [4.69, 9.17) is 4.74 Å². The van der Waals surface area contributed by atoms with Gasteiger partial charge in [-0.25, -0.2) is 4.90 Å². The van der Waals surface area contributed by atoms with Crippen LogP contribution in [0.1, 0.15) is 26.2 Å². The normalized spacial score (nSPS) is 24.2. The Morgan fingerprint density at radius 3 is 2.62 bits per heavy atom. The Balaban J connectivity index is 1.70. The lowest BCUT2D eigenvalue weighted by Gasteiger charge is -2.22. The molecule has 0 bridgehead atoms. The van der Waals surface area contributed by atoms with Crippen LogP contribution in [0.4, 0.5) is 5.69 Å². The fraction of sp³-hybridized carbons (Fsp3) is 0.471. The molecule has 2 saturated heterocycles. The zero-order valence-electron chi connectivity index (χ0n) is 13.7. The van der Waals surface area contributed by atoms with Gasteiger partial charge in [-0.15, -0.1) is 0 Å². The Morgan fingerprint density at radius 1 is 1.21 bits per heavy atom. The van der Waals surface area contributed by atoms with E-state index in [0.29, 0.717) is 24.6 Å². The highest BCUT2D eigenvalue weighted by Crippen LogP contribution is 2.24. The zero-order valence-corrected chi connectivity index (χ0v) is 13.7. The lowest BCUT2D eigenvalue weighted by Crippen LogP contribution is -2.98. The highest BCUT2D eigenvalue weighted by atomic mass is 16.5. The summed E-state index contributed by atoms with van der Waals surface area (Å²) in [5.74, 6) is 0.146. The molecule has 2 aliphatic rings. The summed E-state index contributed by atoms with van der Waals surface area (Å²) in [6, 6.07) is 6.07. The Morgan fingerprint density at radius 2 is 1.96 bits per heavy atom. The number of quaternary nitrogens is 1. The van der Waals surface area contributed by atoms with Crippen molar-refractivity contribution in [3.63, 3.8) is 0 Å². The molecule has 24 heavy (non-hydrogen) atoms. The van der Waals surface area contributed by atoms with Gasteiger partial charge in [0.15, 0.2) is 12.1 Å². The Kier molecular flexibility index (Phi) is 4.80. The number of nitrogens with zero attached hydrogens (tertiary/aromatic N) is 1. The number of ether oxygens (including phenoxy) is 1. The van der Waals surface area contributed by atoms with Crippen molar-refractivity contribution in [3.05, 3.63) is 24.3 Å². The highest BCUT2D eigenvalue weighted by molar-refractivity contribution is 6.21. The van der Waals surface area contributed by atoms with Crippen LogP contribution in [0.5, 0.6) is 5.75 Å². The number of amides is 3.